The maximum absolute atomic E-state index is 11.9. The summed E-state index contributed by atoms with van der Waals surface area (Å²) in [5, 5.41) is 8.20. The molecule has 2 aromatic rings. The second kappa shape index (κ2) is 6.36. The van der Waals surface area contributed by atoms with E-state index in [1.807, 2.05) is 16.8 Å². The molecule has 6 heteroatoms. The fourth-order valence-electron chi connectivity index (χ4n) is 1.43. The summed E-state index contributed by atoms with van der Waals surface area (Å²) in [6, 6.07) is 6.74. The van der Waals surface area contributed by atoms with Gasteiger partial charge in [-0.15, -0.1) is 0 Å². The Bertz CT molecular complexity index is 597. The number of rotatable bonds is 4. The lowest BCUT2D eigenvalue weighted by molar-refractivity contribution is 0.0952. The number of amides is 1. The third kappa shape index (κ3) is 3.56. The largest absolute Gasteiger partial charge is 0.496 e. The maximum Gasteiger partial charge on any atom is 0.275 e. The zero-order chi connectivity index (χ0) is 13.7. The summed E-state index contributed by atoms with van der Waals surface area (Å²) in [5.41, 5.74) is 3.71. The van der Waals surface area contributed by atoms with Gasteiger partial charge >= 0.3 is 0 Å². The van der Waals surface area contributed by atoms with Gasteiger partial charge in [0.25, 0.3) is 5.91 Å². The van der Waals surface area contributed by atoms with Gasteiger partial charge < -0.3 is 4.74 Å². The van der Waals surface area contributed by atoms with E-state index in [1.54, 1.807) is 29.7 Å². The second-order valence-corrected chi connectivity index (χ2v) is 4.82. The summed E-state index contributed by atoms with van der Waals surface area (Å²) in [7, 11) is 1.49. The van der Waals surface area contributed by atoms with E-state index in [2.05, 4.69) is 10.5 Å². The molecule has 1 aromatic carbocycles. The van der Waals surface area contributed by atoms with Crippen LogP contribution in [0.2, 0.25) is 5.02 Å². The molecule has 0 fully saturated rings. The first-order valence-corrected chi connectivity index (χ1v) is 6.72. The molecule has 0 aliphatic heterocycles. The van der Waals surface area contributed by atoms with Gasteiger partial charge in [-0.05, 0) is 35.0 Å². The number of ether oxygens (including phenoxy) is 1. The summed E-state index contributed by atoms with van der Waals surface area (Å²) in [6.07, 6.45) is 1.57. The van der Waals surface area contributed by atoms with E-state index in [9.17, 15) is 4.79 Å². The summed E-state index contributed by atoms with van der Waals surface area (Å²) >= 11 is 7.42. The molecule has 19 heavy (non-hydrogen) atoms. The Morgan fingerprint density at radius 1 is 1.47 bits per heavy atom. The topological polar surface area (TPSA) is 50.7 Å². The molecule has 0 bridgehead atoms. The molecule has 0 aliphatic rings. The van der Waals surface area contributed by atoms with E-state index in [0.29, 0.717) is 16.3 Å². The fraction of sp³-hybridized carbons (Fsp3) is 0.0769. The highest BCUT2D eigenvalue weighted by Crippen LogP contribution is 2.22. The molecule has 1 heterocycles. The van der Waals surface area contributed by atoms with Crippen LogP contribution in [0.4, 0.5) is 0 Å². The molecule has 0 aliphatic carbocycles. The zero-order valence-electron chi connectivity index (χ0n) is 10.1. The van der Waals surface area contributed by atoms with Gasteiger partial charge in [0.15, 0.2) is 0 Å². The molecular formula is C13H11ClN2O2S. The standard InChI is InChI=1S/C13H11ClN2O2S/c1-18-12-3-2-10(14)6-11(12)13(17)16-15-7-9-4-5-19-8-9/h2-8H,1H3,(H,16,17). The van der Waals surface area contributed by atoms with Crippen LogP contribution in [0.15, 0.2) is 40.1 Å². The quantitative estimate of drug-likeness (QED) is 0.695. The van der Waals surface area contributed by atoms with Crippen LogP contribution in [0.1, 0.15) is 15.9 Å². The minimum atomic E-state index is -0.370. The van der Waals surface area contributed by atoms with Crippen LogP contribution >= 0.6 is 22.9 Å². The van der Waals surface area contributed by atoms with E-state index in [-0.39, 0.29) is 5.91 Å². The lowest BCUT2D eigenvalue weighted by Gasteiger charge is -2.06. The van der Waals surface area contributed by atoms with Gasteiger partial charge in [0.1, 0.15) is 5.75 Å². The van der Waals surface area contributed by atoms with Gasteiger partial charge in [0.05, 0.1) is 18.9 Å². The molecule has 1 amide bonds. The highest BCUT2D eigenvalue weighted by molar-refractivity contribution is 7.08. The average Bonchev–Trinajstić information content (AvgIpc) is 2.91. The van der Waals surface area contributed by atoms with E-state index >= 15 is 0 Å². The van der Waals surface area contributed by atoms with Crippen molar-refractivity contribution in [1.29, 1.82) is 0 Å². The van der Waals surface area contributed by atoms with Gasteiger partial charge in [0, 0.05) is 10.6 Å². The third-order valence-electron chi connectivity index (χ3n) is 2.33. The number of halogens is 1. The first-order valence-electron chi connectivity index (χ1n) is 5.40. The Morgan fingerprint density at radius 2 is 2.32 bits per heavy atom. The first kappa shape index (κ1) is 13.6. The van der Waals surface area contributed by atoms with Crippen molar-refractivity contribution in [3.63, 3.8) is 0 Å². The molecule has 0 radical (unpaired) electrons. The SMILES string of the molecule is COc1ccc(Cl)cc1C(=O)NN=Cc1ccsc1. The second-order valence-electron chi connectivity index (χ2n) is 3.60. The lowest BCUT2D eigenvalue weighted by atomic mass is 10.2. The minimum absolute atomic E-state index is 0.345. The number of hydrogen-bond acceptors (Lipinski definition) is 4. The Morgan fingerprint density at radius 3 is 3.00 bits per heavy atom. The van der Waals surface area contributed by atoms with Crippen LogP contribution in [0.25, 0.3) is 0 Å². The lowest BCUT2D eigenvalue weighted by Crippen LogP contribution is -2.18. The van der Waals surface area contributed by atoms with Crippen molar-refractivity contribution in [2.75, 3.05) is 7.11 Å². The number of hydrazone groups is 1. The van der Waals surface area contributed by atoms with E-state index in [4.69, 9.17) is 16.3 Å². The fourth-order valence-corrected chi connectivity index (χ4v) is 2.21. The van der Waals surface area contributed by atoms with Crippen molar-refractivity contribution < 1.29 is 9.53 Å². The van der Waals surface area contributed by atoms with Gasteiger partial charge in [-0.1, -0.05) is 11.6 Å². The third-order valence-corrected chi connectivity index (χ3v) is 3.27. The minimum Gasteiger partial charge on any atom is -0.496 e. The maximum atomic E-state index is 11.9. The number of nitrogens with one attached hydrogen (secondary N) is 1. The van der Waals surface area contributed by atoms with Crippen molar-refractivity contribution >= 4 is 35.1 Å². The Balaban J connectivity index is 2.09. The Kier molecular flexibility index (Phi) is 4.54. The summed E-state index contributed by atoms with van der Waals surface area (Å²) in [5.74, 6) is 0.0819. The summed E-state index contributed by atoms with van der Waals surface area (Å²) in [4.78, 5) is 11.9. The highest BCUT2D eigenvalue weighted by atomic mass is 35.5. The predicted octanol–water partition coefficient (Wildman–Crippen LogP) is 3.17. The molecule has 98 valence electrons. The number of methoxy groups -OCH3 is 1. The normalized spacial score (nSPS) is 10.6. The number of nitrogens with zero attached hydrogens (tertiary/aromatic N) is 1. The summed E-state index contributed by atoms with van der Waals surface area (Å²) in [6.45, 7) is 0. The van der Waals surface area contributed by atoms with E-state index < -0.39 is 0 Å². The van der Waals surface area contributed by atoms with Gasteiger partial charge in [-0.25, -0.2) is 5.43 Å². The van der Waals surface area contributed by atoms with Gasteiger partial charge in [-0.3, -0.25) is 4.79 Å². The number of thiophene rings is 1. The molecular weight excluding hydrogens is 284 g/mol. The molecule has 0 unspecified atom stereocenters. The van der Waals surface area contributed by atoms with Crippen LogP contribution in [0.5, 0.6) is 5.75 Å². The van der Waals surface area contributed by atoms with Crippen LogP contribution in [0.3, 0.4) is 0 Å². The molecule has 0 saturated heterocycles. The molecule has 4 nitrogen and oxygen atoms in total. The Hall–Kier alpha value is -1.85. The van der Waals surface area contributed by atoms with Crippen LogP contribution in [-0.2, 0) is 0 Å². The van der Waals surface area contributed by atoms with E-state index in [0.717, 1.165) is 5.56 Å². The smallest absolute Gasteiger partial charge is 0.275 e. The van der Waals surface area contributed by atoms with Gasteiger partial charge in [-0.2, -0.15) is 16.4 Å². The molecule has 0 spiro atoms. The van der Waals surface area contributed by atoms with E-state index in [1.165, 1.54) is 13.2 Å². The van der Waals surface area contributed by atoms with Crippen molar-refractivity contribution in [2.45, 2.75) is 0 Å². The van der Waals surface area contributed by atoms with Crippen molar-refractivity contribution in [1.82, 2.24) is 5.43 Å². The van der Waals surface area contributed by atoms with Gasteiger partial charge in [0.2, 0.25) is 0 Å². The molecule has 1 N–H and O–H groups in total. The first-order chi connectivity index (χ1) is 9.20. The number of benzene rings is 1. The average molecular weight is 295 g/mol. The zero-order valence-corrected chi connectivity index (χ0v) is 11.7. The van der Waals surface area contributed by atoms with Crippen molar-refractivity contribution in [3.05, 3.63) is 51.2 Å². The van der Waals surface area contributed by atoms with Crippen LogP contribution in [0, 0.1) is 0 Å². The van der Waals surface area contributed by atoms with Crippen molar-refractivity contribution in [2.24, 2.45) is 5.10 Å². The highest BCUT2D eigenvalue weighted by Gasteiger charge is 2.11. The summed E-state index contributed by atoms with van der Waals surface area (Å²) < 4.78 is 5.10. The van der Waals surface area contributed by atoms with Crippen molar-refractivity contribution in [3.8, 4) is 5.75 Å². The molecule has 1 aromatic heterocycles. The Labute approximate surface area is 119 Å². The predicted molar refractivity (Wildman–Crippen MR) is 77.4 cm³/mol. The number of carbonyl (C=O) groups excluding carboxylic acids is 1. The molecule has 0 atom stereocenters. The number of carbonyl (C=O) groups is 1. The molecule has 2 rings (SSSR count). The van der Waals surface area contributed by atoms with Crippen LogP contribution in [-0.4, -0.2) is 19.2 Å². The van der Waals surface area contributed by atoms with Crippen LogP contribution < -0.4 is 10.2 Å². The monoisotopic (exact) mass is 294 g/mol. The number of hydrogen-bond donors (Lipinski definition) is 1. The molecule has 0 saturated carbocycles.